The minimum absolute atomic E-state index is 0.211. The van der Waals surface area contributed by atoms with Crippen molar-refractivity contribution in [3.8, 4) is 11.3 Å². The summed E-state index contributed by atoms with van der Waals surface area (Å²) in [5.41, 5.74) is 15.9. The molecule has 0 aliphatic carbocycles. The van der Waals surface area contributed by atoms with E-state index < -0.39 is 0 Å². The van der Waals surface area contributed by atoms with Gasteiger partial charge in [0.2, 0.25) is 0 Å². The molecule has 1 saturated heterocycles. The van der Waals surface area contributed by atoms with E-state index in [0.29, 0.717) is 21.8 Å². The van der Waals surface area contributed by atoms with Crippen LogP contribution in [-0.4, -0.2) is 39.8 Å². The fourth-order valence-electron chi connectivity index (χ4n) is 4.40. The topological polar surface area (TPSA) is 115 Å². The summed E-state index contributed by atoms with van der Waals surface area (Å²) in [6, 6.07) is 14.0. The lowest BCUT2D eigenvalue weighted by atomic mass is 10.1. The Hall–Kier alpha value is -3.43. The van der Waals surface area contributed by atoms with Gasteiger partial charge in [-0.1, -0.05) is 30.3 Å². The Morgan fingerprint density at radius 2 is 1.97 bits per heavy atom. The van der Waals surface area contributed by atoms with Crippen LogP contribution in [0.2, 0.25) is 0 Å². The number of pyridine rings is 1. The van der Waals surface area contributed by atoms with Crippen molar-refractivity contribution in [1.29, 1.82) is 0 Å². The van der Waals surface area contributed by atoms with Gasteiger partial charge in [-0.2, -0.15) is 5.10 Å². The number of thiophene rings is 1. The number of nitrogen functional groups attached to an aromatic ring is 1. The number of amides is 1. The van der Waals surface area contributed by atoms with E-state index in [9.17, 15) is 4.79 Å². The maximum atomic E-state index is 13.4. The number of anilines is 3. The highest BCUT2D eigenvalue weighted by molar-refractivity contribution is 7.23. The molecule has 1 aliphatic heterocycles. The monoisotopic (exact) mass is 461 g/mol. The molecule has 0 bridgehead atoms. The van der Waals surface area contributed by atoms with Crippen molar-refractivity contribution in [1.82, 2.24) is 14.8 Å². The molecule has 3 aromatic heterocycles. The number of benzene rings is 1. The first-order valence-electron chi connectivity index (χ1n) is 11.1. The van der Waals surface area contributed by atoms with E-state index >= 15 is 0 Å². The number of hydrogen-bond acceptors (Lipinski definition) is 7. The molecule has 8 nitrogen and oxygen atoms in total. The molecule has 4 heterocycles. The van der Waals surface area contributed by atoms with Crippen molar-refractivity contribution in [2.45, 2.75) is 25.3 Å². The van der Waals surface area contributed by atoms with Crippen molar-refractivity contribution in [3.63, 3.8) is 0 Å². The Morgan fingerprint density at radius 1 is 1.15 bits per heavy atom. The molecular weight excluding hydrogens is 434 g/mol. The number of nitrogens with zero attached hydrogens (tertiary/aromatic N) is 4. The molecule has 1 aromatic carbocycles. The predicted molar refractivity (Wildman–Crippen MR) is 135 cm³/mol. The largest absolute Gasteiger partial charge is 0.390 e. The van der Waals surface area contributed by atoms with Crippen LogP contribution in [0, 0.1) is 0 Å². The van der Waals surface area contributed by atoms with E-state index in [1.54, 1.807) is 10.9 Å². The summed E-state index contributed by atoms with van der Waals surface area (Å²) in [7, 11) is 1.89. The summed E-state index contributed by atoms with van der Waals surface area (Å²) < 4.78 is 2.68. The van der Waals surface area contributed by atoms with Gasteiger partial charge in [0, 0.05) is 31.7 Å². The summed E-state index contributed by atoms with van der Waals surface area (Å²) in [6.45, 7) is 1.71. The molecule has 1 atom stereocenters. The molecule has 1 fully saturated rings. The third-order valence-electron chi connectivity index (χ3n) is 6.09. The van der Waals surface area contributed by atoms with Crippen molar-refractivity contribution in [2.24, 2.45) is 12.8 Å². The van der Waals surface area contributed by atoms with E-state index in [0.717, 1.165) is 54.1 Å². The molecule has 9 heteroatoms. The van der Waals surface area contributed by atoms with E-state index in [1.807, 2.05) is 49.5 Å². The zero-order valence-corrected chi connectivity index (χ0v) is 19.3. The van der Waals surface area contributed by atoms with Gasteiger partial charge in [0.25, 0.3) is 5.91 Å². The third kappa shape index (κ3) is 4.17. The van der Waals surface area contributed by atoms with Crippen LogP contribution in [0.4, 0.5) is 16.5 Å². The zero-order valence-electron chi connectivity index (χ0n) is 18.5. The van der Waals surface area contributed by atoms with Gasteiger partial charge in [-0.3, -0.25) is 9.48 Å². The molecule has 33 heavy (non-hydrogen) atoms. The second-order valence-corrected chi connectivity index (χ2v) is 9.47. The molecule has 170 valence electrons. The Bertz CT molecular complexity index is 1300. The third-order valence-corrected chi connectivity index (χ3v) is 7.06. The molecule has 1 amide bonds. The highest BCUT2D eigenvalue weighted by Crippen LogP contribution is 2.35. The number of aromatic nitrogens is 3. The molecule has 0 radical (unpaired) electrons. The summed E-state index contributed by atoms with van der Waals surface area (Å²) in [6.07, 6.45) is 4.61. The second kappa shape index (κ2) is 8.84. The van der Waals surface area contributed by atoms with Crippen molar-refractivity contribution >= 4 is 44.0 Å². The highest BCUT2D eigenvalue weighted by Gasteiger charge is 2.24. The Kier molecular flexibility index (Phi) is 5.74. The Morgan fingerprint density at radius 3 is 2.79 bits per heavy atom. The Balaban J connectivity index is 1.47. The number of fused-ring (bicyclic) bond motifs is 1. The van der Waals surface area contributed by atoms with E-state index in [4.69, 9.17) is 16.5 Å². The summed E-state index contributed by atoms with van der Waals surface area (Å²) in [5.74, 6) is 0.603. The summed E-state index contributed by atoms with van der Waals surface area (Å²) in [4.78, 5) is 20.5. The van der Waals surface area contributed by atoms with Crippen LogP contribution in [-0.2, 0) is 7.05 Å². The van der Waals surface area contributed by atoms with Crippen molar-refractivity contribution < 1.29 is 4.79 Å². The zero-order chi connectivity index (χ0) is 22.9. The minimum Gasteiger partial charge on any atom is -0.390 e. The minimum atomic E-state index is -0.280. The molecule has 1 aliphatic rings. The van der Waals surface area contributed by atoms with Crippen LogP contribution in [0.15, 0.2) is 48.7 Å². The molecule has 1 unspecified atom stereocenters. The number of hydrogen-bond donors (Lipinski definition) is 3. The molecule has 4 aromatic rings. The normalized spacial score (nSPS) is 16.7. The molecular formula is C24H27N7OS. The lowest BCUT2D eigenvalue weighted by Gasteiger charge is -2.24. The van der Waals surface area contributed by atoms with Gasteiger partial charge in [0.05, 0.1) is 22.1 Å². The van der Waals surface area contributed by atoms with Crippen LogP contribution in [0.5, 0.6) is 0 Å². The average Bonchev–Trinajstić information content (AvgIpc) is 3.25. The van der Waals surface area contributed by atoms with Gasteiger partial charge in [-0.05, 0) is 31.4 Å². The van der Waals surface area contributed by atoms with Gasteiger partial charge in [-0.25, -0.2) is 4.98 Å². The standard InChI is InChI=1S/C24H27N7OS/c1-30-24(31-12-5-8-16(25)11-13-31)18(14-27-30)29-23(32)20-21-19(33-22(20)26)10-9-17(28-21)15-6-3-2-4-7-15/h2-4,6-7,9-10,14,16H,5,8,11-13,25-26H2,1H3,(H,29,32). The smallest absolute Gasteiger partial charge is 0.261 e. The summed E-state index contributed by atoms with van der Waals surface area (Å²) >= 11 is 1.37. The first kappa shape index (κ1) is 21.4. The van der Waals surface area contributed by atoms with Gasteiger partial charge in [-0.15, -0.1) is 11.3 Å². The van der Waals surface area contributed by atoms with Crippen LogP contribution in [0.25, 0.3) is 21.5 Å². The lowest BCUT2D eigenvalue weighted by molar-refractivity contribution is 0.102. The molecule has 0 saturated carbocycles. The SMILES string of the molecule is Cn1ncc(NC(=O)c2c(N)sc3ccc(-c4ccccc4)nc23)c1N1CCCC(N)CC1. The number of nitrogens with two attached hydrogens (primary N) is 2. The number of rotatable bonds is 4. The first-order valence-corrected chi connectivity index (χ1v) is 11.9. The molecule has 0 spiro atoms. The first-order chi connectivity index (χ1) is 16.0. The van der Waals surface area contributed by atoms with Crippen LogP contribution in [0.1, 0.15) is 29.6 Å². The fraction of sp³-hybridized carbons (Fsp3) is 0.292. The second-order valence-electron chi connectivity index (χ2n) is 8.39. The van der Waals surface area contributed by atoms with Gasteiger partial charge in [0.1, 0.15) is 16.3 Å². The maximum absolute atomic E-state index is 13.4. The molecule has 5 N–H and O–H groups in total. The average molecular weight is 462 g/mol. The number of carbonyl (C=O) groups excluding carboxylic acids is 1. The predicted octanol–water partition coefficient (Wildman–Crippen LogP) is 3.85. The molecule has 5 rings (SSSR count). The fourth-order valence-corrected chi connectivity index (χ4v) is 5.30. The quantitative estimate of drug-likeness (QED) is 0.425. The maximum Gasteiger partial charge on any atom is 0.261 e. The van der Waals surface area contributed by atoms with E-state index in [-0.39, 0.29) is 11.9 Å². The van der Waals surface area contributed by atoms with Crippen molar-refractivity contribution in [3.05, 3.63) is 54.2 Å². The highest BCUT2D eigenvalue weighted by atomic mass is 32.1. The number of carbonyl (C=O) groups is 1. The van der Waals surface area contributed by atoms with E-state index in [1.165, 1.54) is 11.3 Å². The van der Waals surface area contributed by atoms with Gasteiger partial charge < -0.3 is 21.7 Å². The van der Waals surface area contributed by atoms with Gasteiger partial charge >= 0.3 is 0 Å². The van der Waals surface area contributed by atoms with Crippen LogP contribution < -0.4 is 21.7 Å². The van der Waals surface area contributed by atoms with Crippen LogP contribution in [0.3, 0.4) is 0 Å². The van der Waals surface area contributed by atoms with Crippen molar-refractivity contribution in [2.75, 3.05) is 29.0 Å². The lowest BCUT2D eigenvalue weighted by Crippen LogP contribution is -2.29. The Labute approximate surface area is 196 Å². The summed E-state index contributed by atoms with van der Waals surface area (Å²) in [5, 5.41) is 7.90. The van der Waals surface area contributed by atoms with E-state index in [2.05, 4.69) is 15.3 Å². The van der Waals surface area contributed by atoms with Crippen LogP contribution >= 0.6 is 11.3 Å². The van der Waals surface area contributed by atoms with Gasteiger partial charge in [0.15, 0.2) is 5.82 Å². The number of nitrogens with one attached hydrogen (secondary N) is 1. The number of aryl methyl sites for hydroxylation is 1.